The Morgan fingerprint density at radius 1 is 1.20 bits per heavy atom. The summed E-state index contributed by atoms with van der Waals surface area (Å²) >= 11 is 0. The number of rotatable bonds is 6. The lowest BCUT2D eigenvalue weighted by Crippen LogP contribution is -2.25. The van der Waals surface area contributed by atoms with Crippen molar-refractivity contribution in [1.82, 2.24) is 5.32 Å². The van der Waals surface area contributed by atoms with Crippen LogP contribution >= 0.6 is 0 Å². The first kappa shape index (κ1) is 15.4. The highest BCUT2D eigenvalue weighted by Gasteiger charge is 2.21. The van der Waals surface area contributed by atoms with Gasteiger partial charge in [-0.05, 0) is 42.9 Å². The maximum absolute atomic E-state index is 6.15. The van der Waals surface area contributed by atoms with Crippen LogP contribution in [0.1, 0.15) is 58.4 Å². The molecule has 0 aromatic heterocycles. The van der Waals surface area contributed by atoms with E-state index in [1.54, 1.807) is 0 Å². The van der Waals surface area contributed by atoms with Crippen LogP contribution in [0.5, 0.6) is 5.75 Å². The number of nitrogens with one attached hydrogen (secondary N) is 1. The van der Waals surface area contributed by atoms with E-state index in [1.165, 1.54) is 37.7 Å². The van der Waals surface area contributed by atoms with E-state index in [-0.39, 0.29) is 0 Å². The summed E-state index contributed by atoms with van der Waals surface area (Å²) in [7, 11) is 0. The minimum atomic E-state index is 0.424. The van der Waals surface area contributed by atoms with Crippen molar-refractivity contribution in [3.8, 4) is 5.75 Å². The lowest BCUT2D eigenvalue weighted by Gasteiger charge is -2.29. The first-order valence-corrected chi connectivity index (χ1v) is 8.16. The second-order valence-electron chi connectivity index (χ2n) is 6.36. The summed E-state index contributed by atoms with van der Waals surface area (Å²) in [5.74, 6) is 1.89. The van der Waals surface area contributed by atoms with Crippen LogP contribution in [-0.2, 0) is 6.54 Å². The van der Waals surface area contributed by atoms with E-state index < -0.39 is 0 Å². The molecule has 0 heterocycles. The molecule has 0 bridgehead atoms. The molecule has 2 nitrogen and oxygen atoms in total. The Labute approximate surface area is 123 Å². The van der Waals surface area contributed by atoms with E-state index in [9.17, 15) is 0 Å². The SMILES string of the molecule is CCC1CCCC(Oc2ccc(CNC(C)C)cc2)C1. The molecule has 1 aromatic rings. The van der Waals surface area contributed by atoms with Crippen molar-refractivity contribution in [3.63, 3.8) is 0 Å². The molecule has 112 valence electrons. The largest absolute Gasteiger partial charge is 0.490 e. The van der Waals surface area contributed by atoms with Crippen LogP contribution in [0.25, 0.3) is 0 Å². The number of hydrogen-bond acceptors (Lipinski definition) is 2. The van der Waals surface area contributed by atoms with Gasteiger partial charge in [-0.2, -0.15) is 0 Å². The number of ether oxygens (including phenoxy) is 1. The van der Waals surface area contributed by atoms with Crippen LogP contribution in [0.15, 0.2) is 24.3 Å². The lowest BCUT2D eigenvalue weighted by molar-refractivity contribution is 0.122. The van der Waals surface area contributed by atoms with Crippen LogP contribution in [0.2, 0.25) is 0 Å². The van der Waals surface area contributed by atoms with Crippen LogP contribution < -0.4 is 10.1 Å². The van der Waals surface area contributed by atoms with E-state index in [2.05, 4.69) is 50.4 Å². The van der Waals surface area contributed by atoms with E-state index in [0.29, 0.717) is 12.1 Å². The highest BCUT2D eigenvalue weighted by Crippen LogP contribution is 2.29. The molecule has 1 aliphatic carbocycles. The van der Waals surface area contributed by atoms with Gasteiger partial charge >= 0.3 is 0 Å². The molecule has 1 aromatic carbocycles. The van der Waals surface area contributed by atoms with E-state index in [0.717, 1.165) is 18.2 Å². The topological polar surface area (TPSA) is 21.3 Å². The fourth-order valence-electron chi connectivity index (χ4n) is 2.92. The summed E-state index contributed by atoms with van der Waals surface area (Å²) < 4.78 is 6.15. The van der Waals surface area contributed by atoms with Crippen molar-refractivity contribution in [2.24, 2.45) is 5.92 Å². The number of benzene rings is 1. The van der Waals surface area contributed by atoms with Crippen molar-refractivity contribution in [2.75, 3.05) is 0 Å². The quantitative estimate of drug-likeness (QED) is 0.823. The fraction of sp³-hybridized carbons (Fsp3) is 0.667. The summed E-state index contributed by atoms with van der Waals surface area (Å²) in [5, 5.41) is 3.44. The van der Waals surface area contributed by atoms with Crippen molar-refractivity contribution < 1.29 is 4.74 Å². The van der Waals surface area contributed by atoms with E-state index in [4.69, 9.17) is 4.74 Å². The summed E-state index contributed by atoms with van der Waals surface area (Å²) in [6, 6.07) is 9.11. The van der Waals surface area contributed by atoms with Crippen LogP contribution in [-0.4, -0.2) is 12.1 Å². The zero-order valence-electron chi connectivity index (χ0n) is 13.2. The van der Waals surface area contributed by atoms with Crippen molar-refractivity contribution >= 4 is 0 Å². The Morgan fingerprint density at radius 3 is 2.60 bits per heavy atom. The van der Waals surface area contributed by atoms with Gasteiger partial charge < -0.3 is 10.1 Å². The van der Waals surface area contributed by atoms with Gasteiger partial charge in [0.2, 0.25) is 0 Å². The van der Waals surface area contributed by atoms with Crippen molar-refractivity contribution in [3.05, 3.63) is 29.8 Å². The Bertz CT molecular complexity index is 385. The summed E-state index contributed by atoms with van der Waals surface area (Å²) in [6.45, 7) is 7.57. The predicted octanol–water partition coefficient (Wildman–Crippen LogP) is 4.53. The van der Waals surface area contributed by atoms with Gasteiger partial charge in [0.25, 0.3) is 0 Å². The third kappa shape index (κ3) is 4.82. The number of hydrogen-bond donors (Lipinski definition) is 1. The predicted molar refractivity (Wildman–Crippen MR) is 85.1 cm³/mol. The van der Waals surface area contributed by atoms with Gasteiger partial charge in [0.1, 0.15) is 5.75 Å². The Balaban J connectivity index is 1.83. The molecule has 0 aliphatic heterocycles. The highest BCUT2D eigenvalue weighted by molar-refractivity contribution is 5.27. The molecule has 1 N–H and O–H groups in total. The highest BCUT2D eigenvalue weighted by atomic mass is 16.5. The van der Waals surface area contributed by atoms with Gasteiger partial charge in [-0.1, -0.05) is 45.7 Å². The Kier molecular flexibility index (Phi) is 5.90. The fourth-order valence-corrected chi connectivity index (χ4v) is 2.92. The van der Waals surface area contributed by atoms with Crippen molar-refractivity contribution in [1.29, 1.82) is 0 Å². The lowest BCUT2D eigenvalue weighted by atomic mass is 9.85. The molecule has 2 unspecified atom stereocenters. The first-order valence-electron chi connectivity index (χ1n) is 8.16. The third-order valence-electron chi connectivity index (χ3n) is 4.25. The van der Waals surface area contributed by atoms with Crippen LogP contribution in [0, 0.1) is 5.92 Å². The smallest absolute Gasteiger partial charge is 0.119 e. The molecule has 2 atom stereocenters. The zero-order valence-corrected chi connectivity index (χ0v) is 13.2. The van der Waals surface area contributed by atoms with Gasteiger partial charge in [-0.25, -0.2) is 0 Å². The summed E-state index contributed by atoms with van der Waals surface area (Å²) in [6.07, 6.45) is 6.86. The first-order chi connectivity index (χ1) is 9.67. The Morgan fingerprint density at radius 2 is 1.95 bits per heavy atom. The van der Waals surface area contributed by atoms with Gasteiger partial charge in [0, 0.05) is 12.6 Å². The van der Waals surface area contributed by atoms with Gasteiger partial charge in [0.05, 0.1) is 6.10 Å². The third-order valence-corrected chi connectivity index (χ3v) is 4.25. The van der Waals surface area contributed by atoms with E-state index in [1.807, 2.05) is 0 Å². The molecule has 0 radical (unpaired) electrons. The zero-order chi connectivity index (χ0) is 14.4. The molecule has 2 heteroatoms. The molecule has 0 amide bonds. The van der Waals surface area contributed by atoms with Crippen LogP contribution in [0.3, 0.4) is 0 Å². The summed E-state index contributed by atoms with van der Waals surface area (Å²) in [4.78, 5) is 0. The molecule has 1 fully saturated rings. The second kappa shape index (κ2) is 7.68. The van der Waals surface area contributed by atoms with E-state index >= 15 is 0 Å². The van der Waals surface area contributed by atoms with Crippen LogP contribution in [0.4, 0.5) is 0 Å². The maximum atomic E-state index is 6.15. The molecule has 1 aliphatic rings. The van der Waals surface area contributed by atoms with Gasteiger partial charge in [-0.15, -0.1) is 0 Å². The second-order valence-corrected chi connectivity index (χ2v) is 6.36. The van der Waals surface area contributed by atoms with Crippen molar-refractivity contribution in [2.45, 2.75) is 71.6 Å². The molecular formula is C18H29NO. The minimum absolute atomic E-state index is 0.424. The average molecular weight is 275 g/mol. The molecule has 0 spiro atoms. The normalized spacial score (nSPS) is 23.0. The Hall–Kier alpha value is -1.02. The molecule has 2 rings (SSSR count). The summed E-state index contributed by atoms with van der Waals surface area (Å²) in [5.41, 5.74) is 1.32. The maximum Gasteiger partial charge on any atom is 0.119 e. The molecular weight excluding hydrogens is 246 g/mol. The average Bonchev–Trinajstić information content (AvgIpc) is 2.47. The standard InChI is InChI=1S/C18H29NO/c1-4-15-6-5-7-18(12-15)20-17-10-8-16(9-11-17)13-19-14(2)3/h8-11,14-15,18-19H,4-7,12-13H2,1-3H3. The molecule has 0 saturated heterocycles. The van der Waals surface area contributed by atoms with Gasteiger partial charge in [-0.3, -0.25) is 0 Å². The molecule has 20 heavy (non-hydrogen) atoms. The minimum Gasteiger partial charge on any atom is -0.490 e. The monoisotopic (exact) mass is 275 g/mol. The molecule has 1 saturated carbocycles. The van der Waals surface area contributed by atoms with Gasteiger partial charge in [0.15, 0.2) is 0 Å².